The zero-order valence-electron chi connectivity index (χ0n) is 24.0. The fourth-order valence-corrected chi connectivity index (χ4v) is 5.53. The van der Waals surface area contributed by atoms with Gasteiger partial charge in [-0.1, -0.05) is 13.8 Å². The molecule has 0 radical (unpaired) electrons. The molecule has 11 heteroatoms. The maximum atomic E-state index is 12.9. The summed E-state index contributed by atoms with van der Waals surface area (Å²) in [5.41, 5.74) is 4.44. The summed E-state index contributed by atoms with van der Waals surface area (Å²) in [5.74, 6) is 0.315. The average molecular weight is 548 g/mol. The third-order valence-electron chi connectivity index (χ3n) is 7.74. The number of fused-ring (bicyclic) bond motifs is 3. The van der Waals surface area contributed by atoms with Crippen molar-refractivity contribution in [3.8, 4) is 17.1 Å². The second-order valence-electron chi connectivity index (χ2n) is 11.1. The Kier molecular flexibility index (Phi) is 7.50. The van der Waals surface area contributed by atoms with E-state index in [1.165, 1.54) is 0 Å². The van der Waals surface area contributed by atoms with Gasteiger partial charge < -0.3 is 25.0 Å². The molecule has 0 saturated carbocycles. The van der Waals surface area contributed by atoms with E-state index in [0.717, 1.165) is 42.8 Å². The van der Waals surface area contributed by atoms with Gasteiger partial charge in [0.25, 0.3) is 5.91 Å². The standard InChI is InChI=1S/C29H37N7O4/c1-7-40-27(38)23-19-15-29(2,3)20-16-30-28(33-24(20)25(19)36(5)34-23)32-21-9-8-17(14-22(21)39-6)26(37)31-18-10-12-35(4)13-11-18/h8-9,14,16,18H,7,10-13,15H2,1-6H3,(H,31,37)(H,30,32,33). The summed E-state index contributed by atoms with van der Waals surface area (Å²) in [6, 6.07) is 5.45. The fraction of sp³-hybridized carbons (Fsp3) is 0.483. The molecule has 11 nitrogen and oxygen atoms in total. The first-order chi connectivity index (χ1) is 19.1. The minimum atomic E-state index is -0.435. The topological polar surface area (TPSA) is 123 Å². The monoisotopic (exact) mass is 547 g/mol. The smallest absolute Gasteiger partial charge is 0.359 e. The van der Waals surface area contributed by atoms with Crippen LogP contribution in [0, 0.1) is 0 Å². The largest absolute Gasteiger partial charge is 0.495 e. The Hall–Kier alpha value is -3.99. The molecule has 40 heavy (non-hydrogen) atoms. The molecule has 2 aromatic heterocycles. The molecule has 212 valence electrons. The molecule has 1 saturated heterocycles. The van der Waals surface area contributed by atoms with Crippen molar-refractivity contribution in [2.45, 2.75) is 51.5 Å². The van der Waals surface area contributed by atoms with E-state index in [4.69, 9.17) is 14.5 Å². The van der Waals surface area contributed by atoms with Gasteiger partial charge in [0.15, 0.2) is 5.69 Å². The molecule has 2 aliphatic rings. The normalized spacial score (nSPS) is 16.6. The van der Waals surface area contributed by atoms with E-state index in [-0.39, 0.29) is 24.0 Å². The van der Waals surface area contributed by atoms with Crippen molar-refractivity contribution in [1.82, 2.24) is 30.0 Å². The number of esters is 1. The van der Waals surface area contributed by atoms with E-state index in [1.807, 2.05) is 6.20 Å². The van der Waals surface area contributed by atoms with E-state index in [9.17, 15) is 9.59 Å². The van der Waals surface area contributed by atoms with Gasteiger partial charge in [-0.3, -0.25) is 9.48 Å². The highest BCUT2D eigenvalue weighted by molar-refractivity contribution is 5.95. The Morgan fingerprint density at radius 3 is 2.62 bits per heavy atom. The number of methoxy groups -OCH3 is 1. The van der Waals surface area contributed by atoms with E-state index >= 15 is 0 Å². The van der Waals surface area contributed by atoms with Crippen LogP contribution in [0.25, 0.3) is 11.4 Å². The number of amides is 1. The number of rotatable bonds is 7. The van der Waals surface area contributed by atoms with Gasteiger partial charge in [-0.15, -0.1) is 0 Å². The molecule has 1 aliphatic heterocycles. The summed E-state index contributed by atoms with van der Waals surface area (Å²) >= 11 is 0. The molecule has 2 N–H and O–H groups in total. The lowest BCUT2D eigenvalue weighted by Crippen LogP contribution is -2.43. The minimum Gasteiger partial charge on any atom is -0.495 e. The van der Waals surface area contributed by atoms with Crippen molar-refractivity contribution in [3.63, 3.8) is 0 Å². The highest BCUT2D eigenvalue weighted by Crippen LogP contribution is 2.43. The molecule has 1 aliphatic carbocycles. The highest BCUT2D eigenvalue weighted by atomic mass is 16.5. The van der Waals surface area contributed by atoms with Crippen molar-refractivity contribution in [2.75, 3.05) is 39.2 Å². The first kappa shape index (κ1) is 27.6. The van der Waals surface area contributed by atoms with Crippen LogP contribution in [0.4, 0.5) is 11.6 Å². The minimum absolute atomic E-state index is 0.118. The Morgan fingerprint density at radius 1 is 1.18 bits per heavy atom. The van der Waals surface area contributed by atoms with Gasteiger partial charge in [-0.05, 0) is 69.9 Å². The molecule has 5 rings (SSSR count). The van der Waals surface area contributed by atoms with Gasteiger partial charge in [0.2, 0.25) is 5.95 Å². The zero-order chi connectivity index (χ0) is 28.6. The van der Waals surface area contributed by atoms with Crippen molar-refractivity contribution in [1.29, 1.82) is 0 Å². The van der Waals surface area contributed by atoms with Crippen LogP contribution >= 0.6 is 0 Å². The SMILES string of the molecule is CCOC(=O)c1nn(C)c2c1CC(C)(C)c1cnc(Nc3ccc(C(=O)NC4CCN(C)CC4)cc3OC)nc1-2. The van der Waals surface area contributed by atoms with Crippen LogP contribution in [0.3, 0.4) is 0 Å². The van der Waals surface area contributed by atoms with E-state index in [1.54, 1.807) is 44.0 Å². The number of nitrogens with one attached hydrogen (secondary N) is 2. The molecule has 0 atom stereocenters. The van der Waals surface area contributed by atoms with Crippen molar-refractivity contribution in [2.24, 2.45) is 7.05 Å². The lowest BCUT2D eigenvalue weighted by Gasteiger charge is -2.31. The van der Waals surface area contributed by atoms with Crippen LogP contribution in [-0.2, 0) is 23.6 Å². The molecule has 3 heterocycles. The van der Waals surface area contributed by atoms with Crippen molar-refractivity contribution >= 4 is 23.5 Å². The lowest BCUT2D eigenvalue weighted by molar-refractivity contribution is 0.0517. The number of hydrogen-bond donors (Lipinski definition) is 2. The number of piperidine rings is 1. The van der Waals surface area contributed by atoms with E-state index in [0.29, 0.717) is 40.8 Å². The Morgan fingerprint density at radius 2 is 1.93 bits per heavy atom. The van der Waals surface area contributed by atoms with Crippen LogP contribution in [0.1, 0.15) is 65.6 Å². The van der Waals surface area contributed by atoms with Crippen LogP contribution in [0.5, 0.6) is 5.75 Å². The summed E-state index contributed by atoms with van der Waals surface area (Å²) in [7, 11) is 5.46. The predicted octanol–water partition coefficient (Wildman–Crippen LogP) is 3.46. The molecular formula is C29H37N7O4. The zero-order valence-corrected chi connectivity index (χ0v) is 24.0. The maximum absolute atomic E-state index is 12.9. The fourth-order valence-electron chi connectivity index (χ4n) is 5.53. The van der Waals surface area contributed by atoms with Crippen LogP contribution < -0.4 is 15.4 Å². The van der Waals surface area contributed by atoms with Crippen molar-refractivity contribution < 1.29 is 19.1 Å². The summed E-state index contributed by atoms with van der Waals surface area (Å²) in [5, 5.41) is 10.9. The number of carbonyl (C=O) groups excluding carboxylic acids is 2. The third kappa shape index (κ3) is 5.25. The van der Waals surface area contributed by atoms with Gasteiger partial charge >= 0.3 is 5.97 Å². The first-order valence-corrected chi connectivity index (χ1v) is 13.7. The Labute approximate surface area is 234 Å². The summed E-state index contributed by atoms with van der Waals surface area (Å²) in [6.45, 7) is 8.21. The van der Waals surface area contributed by atoms with Crippen LogP contribution in [0.2, 0.25) is 0 Å². The number of ether oxygens (including phenoxy) is 2. The van der Waals surface area contributed by atoms with E-state index < -0.39 is 5.97 Å². The second-order valence-corrected chi connectivity index (χ2v) is 11.1. The summed E-state index contributed by atoms with van der Waals surface area (Å²) in [6.07, 6.45) is 4.30. The van der Waals surface area contributed by atoms with Gasteiger partial charge in [0, 0.05) is 36.0 Å². The van der Waals surface area contributed by atoms with Crippen LogP contribution in [-0.4, -0.2) is 76.4 Å². The predicted molar refractivity (Wildman–Crippen MR) is 151 cm³/mol. The van der Waals surface area contributed by atoms with Gasteiger partial charge in [0.1, 0.15) is 5.75 Å². The highest BCUT2D eigenvalue weighted by Gasteiger charge is 2.38. The molecule has 0 unspecified atom stereocenters. The summed E-state index contributed by atoms with van der Waals surface area (Å²) in [4.78, 5) is 37.3. The molecule has 1 aromatic carbocycles. The maximum Gasteiger partial charge on any atom is 0.359 e. The third-order valence-corrected chi connectivity index (χ3v) is 7.74. The first-order valence-electron chi connectivity index (χ1n) is 13.7. The molecular weight excluding hydrogens is 510 g/mol. The van der Waals surface area contributed by atoms with E-state index in [2.05, 4.69) is 46.5 Å². The average Bonchev–Trinajstić information content (AvgIpc) is 3.25. The Balaban J connectivity index is 1.42. The van der Waals surface area contributed by atoms with Crippen molar-refractivity contribution in [3.05, 3.63) is 46.8 Å². The molecule has 3 aromatic rings. The summed E-state index contributed by atoms with van der Waals surface area (Å²) < 4.78 is 12.6. The number of hydrogen-bond acceptors (Lipinski definition) is 9. The van der Waals surface area contributed by atoms with Crippen LogP contribution in [0.15, 0.2) is 24.4 Å². The van der Waals surface area contributed by atoms with Gasteiger partial charge in [-0.2, -0.15) is 5.10 Å². The number of aromatic nitrogens is 4. The lowest BCUT2D eigenvalue weighted by atomic mass is 9.73. The quantitative estimate of drug-likeness (QED) is 0.428. The number of carbonyl (C=O) groups is 2. The van der Waals surface area contributed by atoms with Gasteiger partial charge in [0.05, 0.1) is 30.8 Å². The molecule has 1 amide bonds. The number of benzene rings is 1. The number of nitrogens with zero attached hydrogens (tertiary/aromatic N) is 5. The number of likely N-dealkylation sites (tertiary alicyclic amines) is 1. The second kappa shape index (κ2) is 10.9. The molecule has 0 spiro atoms. The Bertz CT molecular complexity index is 1440. The number of anilines is 2. The van der Waals surface area contributed by atoms with Gasteiger partial charge in [-0.25, -0.2) is 14.8 Å². The number of aryl methyl sites for hydroxylation is 1. The molecule has 1 fully saturated rings. The molecule has 0 bridgehead atoms.